The second kappa shape index (κ2) is 23.5. The lowest BCUT2D eigenvalue weighted by Crippen LogP contribution is -2.16. The van der Waals surface area contributed by atoms with E-state index in [1.54, 1.807) is 92.0 Å². The second-order valence-electron chi connectivity index (χ2n) is 13.1. The molecule has 0 saturated carbocycles. The fourth-order valence-electron chi connectivity index (χ4n) is 5.76. The summed E-state index contributed by atoms with van der Waals surface area (Å²) in [5, 5.41) is 0. The lowest BCUT2D eigenvalue weighted by atomic mass is 10.0. The zero-order valence-electron chi connectivity index (χ0n) is 33.0. The Kier molecular flexibility index (Phi) is 17.5. The fourth-order valence-corrected chi connectivity index (χ4v) is 5.76. The molecule has 0 aliphatic carbocycles. The predicted molar refractivity (Wildman–Crippen MR) is 213 cm³/mol. The molecule has 4 aromatic rings. The molecule has 0 N–H and O–H groups in total. The summed E-state index contributed by atoms with van der Waals surface area (Å²) in [4.78, 5) is 50.1. The number of unbranched alkanes of at least 4 members (excludes halogenated alkanes) is 1. The molecule has 0 radical (unpaired) electrons. The first-order valence-corrected chi connectivity index (χ1v) is 19.4. The van der Waals surface area contributed by atoms with Crippen molar-refractivity contribution in [1.82, 2.24) is 0 Å². The van der Waals surface area contributed by atoms with Crippen LogP contribution >= 0.6 is 0 Å². The van der Waals surface area contributed by atoms with Gasteiger partial charge in [-0.3, -0.25) is 19.2 Å². The predicted octanol–water partition coefficient (Wildman–Crippen LogP) is 7.76. The van der Waals surface area contributed by atoms with E-state index in [-0.39, 0.29) is 62.4 Å². The molecule has 58 heavy (non-hydrogen) atoms. The smallest absolute Gasteiger partial charge is 0.189 e. The molecule has 0 saturated heterocycles. The maximum Gasteiger partial charge on any atom is 0.189 e. The third-order valence-corrected chi connectivity index (χ3v) is 8.91. The lowest BCUT2D eigenvalue weighted by molar-refractivity contribution is -0.00850. The van der Waals surface area contributed by atoms with E-state index in [1.807, 2.05) is 0 Å². The minimum Gasteiger partial charge on any atom is -0.486 e. The third-order valence-electron chi connectivity index (χ3n) is 8.91. The molecule has 2 aliphatic heterocycles. The molecule has 13 heteroatoms. The first-order chi connectivity index (χ1) is 28.4. The normalized spacial score (nSPS) is 12.4. The highest BCUT2D eigenvalue weighted by Gasteiger charge is 2.19. The molecule has 308 valence electrons. The van der Waals surface area contributed by atoms with E-state index in [9.17, 15) is 19.2 Å². The van der Waals surface area contributed by atoms with Crippen molar-refractivity contribution in [1.29, 1.82) is 0 Å². The van der Waals surface area contributed by atoms with Gasteiger partial charge in [0.2, 0.25) is 0 Å². The van der Waals surface area contributed by atoms with Crippen LogP contribution in [0.4, 0.5) is 0 Å². The topological polar surface area (TPSA) is 151 Å². The number of benzene rings is 4. The Morgan fingerprint density at radius 2 is 1.07 bits per heavy atom. The first kappa shape index (κ1) is 43.4. The van der Waals surface area contributed by atoms with Gasteiger partial charge in [-0.15, -0.1) is 0 Å². The van der Waals surface area contributed by atoms with Crippen molar-refractivity contribution in [3.63, 3.8) is 0 Å². The van der Waals surface area contributed by atoms with Crippen molar-refractivity contribution in [2.45, 2.75) is 45.4 Å². The minimum atomic E-state index is -0.139. The van der Waals surface area contributed by atoms with Crippen LogP contribution in [-0.4, -0.2) is 90.1 Å². The van der Waals surface area contributed by atoms with E-state index < -0.39 is 0 Å². The number of Topliss-reactive ketones (excluding diaryl/α,β-unsaturated/α-hetero) is 4. The second-order valence-corrected chi connectivity index (χ2v) is 13.1. The molecule has 0 unspecified atom stereocenters. The summed E-state index contributed by atoms with van der Waals surface area (Å²) in [6.07, 6.45) is 2.45. The number of hydrogen-bond acceptors (Lipinski definition) is 13. The number of para-hydroxylation sites is 1. The molecule has 13 nitrogen and oxygen atoms in total. The molecule has 0 fully saturated rings. The van der Waals surface area contributed by atoms with E-state index in [0.717, 1.165) is 12.8 Å². The van der Waals surface area contributed by atoms with Crippen LogP contribution in [0.2, 0.25) is 0 Å². The van der Waals surface area contributed by atoms with Crippen LogP contribution in [-0.2, 0) is 14.2 Å². The molecular formula is C45H50O13. The fraction of sp³-hybridized carbons (Fsp3) is 0.378. The Balaban J connectivity index is 0.000000221. The van der Waals surface area contributed by atoms with Crippen LogP contribution in [0.15, 0.2) is 84.9 Å². The zero-order chi connectivity index (χ0) is 41.0. The highest BCUT2D eigenvalue weighted by molar-refractivity contribution is 6.04. The van der Waals surface area contributed by atoms with Crippen LogP contribution in [0.3, 0.4) is 0 Å². The van der Waals surface area contributed by atoms with Gasteiger partial charge in [-0.1, -0.05) is 37.6 Å². The molecule has 6 rings (SSSR count). The molecule has 0 bridgehead atoms. The van der Waals surface area contributed by atoms with Gasteiger partial charge in [0.15, 0.2) is 59.7 Å². The first-order valence-electron chi connectivity index (χ1n) is 19.4. The number of ether oxygens (including phenoxy) is 9. The Hall–Kier alpha value is -5.76. The van der Waals surface area contributed by atoms with E-state index in [4.69, 9.17) is 42.6 Å². The lowest BCUT2D eigenvalue weighted by Gasteiger charge is -2.18. The standard InChI is InChI=1S/C23H26O6.C22H24O7/c1-2-3-12-26-16-29-21-7-5-4-6-18(21)20(25)10-9-19(24)17-8-11-22-23(15-17)28-14-13-27-22;1-25-9-10-26-15-29-18-4-2-3-16(13-18)19(23)6-7-20(24)17-5-8-21-22(14-17)28-12-11-27-21/h4-8,11,15H,2-3,9-10,12-14,16H2,1H3;2-5,8,13-14H,6-7,9-12,15H2,1H3. The number of carbonyl (C=O) groups is 4. The summed E-state index contributed by atoms with van der Waals surface area (Å²) in [6.45, 7) is 5.71. The third kappa shape index (κ3) is 13.4. The average molecular weight is 799 g/mol. The van der Waals surface area contributed by atoms with Crippen LogP contribution in [0.5, 0.6) is 34.5 Å². The van der Waals surface area contributed by atoms with Gasteiger partial charge in [-0.25, -0.2) is 0 Å². The zero-order valence-corrected chi connectivity index (χ0v) is 33.0. The van der Waals surface area contributed by atoms with Gasteiger partial charge in [-0.05, 0) is 67.1 Å². The summed E-state index contributed by atoms with van der Waals surface area (Å²) >= 11 is 0. The average Bonchev–Trinajstić information content (AvgIpc) is 3.27. The van der Waals surface area contributed by atoms with E-state index in [2.05, 4.69) is 6.92 Å². The molecule has 2 aliphatic rings. The minimum absolute atomic E-state index is 0.0730. The largest absolute Gasteiger partial charge is 0.486 e. The SMILES string of the molecule is CCCCOCOc1ccccc1C(=O)CCC(=O)c1ccc2c(c1)OCCO2.COCCOCOc1cccc(C(=O)CCC(=O)c2ccc3c(c2)OCCO3)c1. The van der Waals surface area contributed by atoms with Crippen LogP contribution < -0.4 is 28.4 Å². The van der Waals surface area contributed by atoms with Crippen LogP contribution in [0, 0.1) is 0 Å². The Morgan fingerprint density at radius 3 is 1.67 bits per heavy atom. The van der Waals surface area contributed by atoms with Gasteiger partial charge in [0.1, 0.15) is 37.9 Å². The monoisotopic (exact) mass is 798 g/mol. The molecular weight excluding hydrogens is 748 g/mol. The molecule has 4 aromatic carbocycles. The van der Waals surface area contributed by atoms with Gasteiger partial charge in [-0.2, -0.15) is 0 Å². The molecule has 0 amide bonds. The molecule has 0 aromatic heterocycles. The van der Waals surface area contributed by atoms with Crippen molar-refractivity contribution in [3.8, 4) is 34.5 Å². The number of fused-ring (bicyclic) bond motifs is 2. The number of carbonyl (C=O) groups excluding carboxylic acids is 4. The maximum atomic E-state index is 12.7. The molecule has 0 spiro atoms. The van der Waals surface area contributed by atoms with Crippen molar-refractivity contribution in [2.24, 2.45) is 0 Å². The summed E-state index contributed by atoms with van der Waals surface area (Å²) < 4.78 is 48.5. The van der Waals surface area contributed by atoms with Crippen molar-refractivity contribution >= 4 is 23.1 Å². The number of hydrogen-bond donors (Lipinski definition) is 0. The van der Waals surface area contributed by atoms with E-state index >= 15 is 0 Å². The number of methoxy groups -OCH3 is 1. The van der Waals surface area contributed by atoms with Gasteiger partial charge in [0, 0.05) is 49.5 Å². The highest BCUT2D eigenvalue weighted by atomic mass is 16.7. The summed E-state index contributed by atoms with van der Waals surface area (Å²) in [7, 11) is 1.60. The Morgan fingerprint density at radius 1 is 0.534 bits per heavy atom. The van der Waals surface area contributed by atoms with E-state index in [0.29, 0.717) is 103 Å². The van der Waals surface area contributed by atoms with Crippen molar-refractivity contribution in [3.05, 3.63) is 107 Å². The molecule has 2 heterocycles. The quantitative estimate of drug-likeness (QED) is 0.0433. The van der Waals surface area contributed by atoms with Gasteiger partial charge in [0.25, 0.3) is 0 Å². The van der Waals surface area contributed by atoms with Crippen molar-refractivity contribution in [2.75, 3.05) is 66.9 Å². The number of ketones is 4. The van der Waals surface area contributed by atoms with E-state index in [1.165, 1.54) is 0 Å². The maximum absolute atomic E-state index is 12.7. The summed E-state index contributed by atoms with van der Waals surface area (Å²) in [5.41, 5.74) is 1.97. The summed E-state index contributed by atoms with van der Waals surface area (Å²) in [5.74, 6) is 2.91. The van der Waals surface area contributed by atoms with Gasteiger partial charge in [0.05, 0.1) is 25.4 Å². The Bertz CT molecular complexity index is 1970. The number of rotatable bonds is 22. The van der Waals surface area contributed by atoms with Gasteiger partial charge >= 0.3 is 0 Å². The van der Waals surface area contributed by atoms with Crippen LogP contribution in [0.1, 0.15) is 86.9 Å². The highest BCUT2D eigenvalue weighted by Crippen LogP contribution is 2.32. The van der Waals surface area contributed by atoms with Crippen LogP contribution in [0.25, 0.3) is 0 Å². The Labute approximate surface area is 338 Å². The van der Waals surface area contributed by atoms with Gasteiger partial charge < -0.3 is 42.6 Å². The molecule has 0 atom stereocenters. The summed E-state index contributed by atoms with van der Waals surface area (Å²) in [6, 6.07) is 24.0. The van der Waals surface area contributed by atoms with Crippen molar-refractivity contribution < 1.29 is 61.8 Å².